The van der Waals surface area contributed by atoms with E-state index in [9.17, 15) is 19.2 Å². The number of para-hydroxylation sites is 2. The van der Waals surface area contributed by atoms with Gasteiger partial charge in [0.1, 0.15) is 11.3 Å². The average molecular weight is 535 g/mol. The number of aromatic nitrogens is 1. The van der Waals surface area contributed by atoms with E-state index < -0.39 is 35.3 Å². The van der Waals surface area contributed by atoms with Gasteiger partial charge in [-0.1, -0.05) is 36.4 Å². The second-order valence-corrected chi connectivity index (χ2v) is 10.7. The fourth-order valence-electron chi connectivity index (χ4n) is 6.77. The number of ether oxygens (including phenoxy) is 1. The second-order valence-electron chi connectivity index (χ2n) is 10.7. The number of hydrogen-bond donors (Lipinski definition) is 3. The van der Waals surface area contributed by atoms with Crippen LogP contribution in [0.2, 0.25) is 0 Å². The molecule has 0 radical (unpaired) electrons. The summed E-state index contributed by atoms with van der Waals surface area (Å²) in [7, 11) is 0. The van der Waals surface area contributed by atoms with Crippen LogP contribution in [0.1, 0.15) is 23.6 Å². The largest absolute Gasteiger partial charge is 0.427 e. The van der Waals surface area contributed by atoms with Crippen LogP contribution in [0.15, 0.2) is 72.9 Å². The zero-order chi connectivity index (χ0) is 27.8. The zero-order valence-corrected chi connectivity index (χ0v) is 21.9. The fourth-order valence-corrected chi connectivity index (χ4v) is 6.77. The summed E-state index contributed by atoms with van der Waals surface area (Å²) in [6.45, 7) is 3.21. The van der Waals surface area contributed by atoms with Crippen molar-refractivity contribution in [3.05, 3.63) is 89.6 Å². The number of nitrogens with one attached hydrogen (secondary N) is 3. The maximum atomic E-state index is 14.2. The number of aromatic amines is 1. The van der Waals surface area contributed by atoms with Gasteiger partial charge in [-0.3, -0.25) is 24.5 Å². The molecule has 2 saturated heterocycles. The van der Waals surface area contributed by atoms with Gasteiger partial charge in [-0.05, 0) is 54.8 Å². The number of nitrogens with zero attached hydrogens (tertiary/aromatic N) is 1. The van der Waals surface area contributed by atoms with Crippen LogP contribution in [0.5, 0.6) is 5.75 Å². The minimum atomic E-state index is -1.39. The van der Waals surface area contributed by atoms with Crippen LogP contribution in [0.4, 0.5) is 11.4 Å². The van der Waals surface area contributed by atoms with Crippen molar-refractivity contribution in [1.82, 2.24) is 10.3 Å². The van der Waals surface area contributed by atoms with Crippen molar-refractivity contribution < 1.29 is 23.9 Å². The van der Waals surface area contributed by atoms with E-state index in [1.54, 1.807) is 24.3 Å². The lowest BCUT2D eigenvalue weighted by Crippen LogP contribution is -2.53. The molecule has 9 heteroatoms. The number of benzene rings is 3. The van der Waals surface area contributed by atoms with Gasteiger partial charge in [-0.15, -0.1) is 0 Å². The van der Waals surface area contributed by atoms with Gasteiger partial charge in [-0.2, -0.15) is 0 Å². The predicted molar refractivity (Wildman–Crippen MR) is 148 cm³/mol. The molecule has 3 aliphatic heterocycles. The highest BCUT2D eigenvalue weighted by Gasteiger charge is 2.70. The summed E-state index contributed by atoms with van der Waals surface area (Å²) in [4.78, 5) is 58.0. The molecule has 9 nitrogen and oxygen atoms in total. The Bertz CT molecular complexity index is 1740. The van der Waals surface area contributed by atoms with Crippen molar-refractivity contribution in [3.8, 4) is 5.75 Å². The Balaban J connectivity index is 1.34. The number of amides is 3. The lowest BCUT2D eigenvalue weighted by Gasteiger charge is -2.29. The van der Waals surface area contributed by atoms with Crippen molar-refractivity contribution in [2.45, 2.75) is 31.8 Å². The van der Waals surface area contributed by atoms with Crippen molar-refractivity contribution in [1.29, 1.82) is 0 Å². The molecule has 1 spiro atoms. The Labute approximate surface area is 229 Å². The van der Waals surface area contributed by atoms with Gasteiger partial charge in [0.15, 0.2) is 0 Å². The minimum Gasteiger partial charge on any atom is -0.427 e. The molecular weight excluding hydrogens is 508 g/mol. The summed E-state index contributed by atoms with van der Waals surface area (Å²) in [6, 6.07) is 19.3. The Morgan fingerprint density at radius 3 is 2.52 bits per heavy atom. The molecule has 4 heterocycles. The SMILES string of the molecule is CC(=O)Oc1ccc(N2C(=O)C3C(Cc4c[nH]c5ccccc45)NC4(C(=O)Nc5c(C)cccc54)C3C2=O)cc1. The first-order valence-electron chi connectivity index (χ1n) is 13.2. The smallest absolute Gasteiger partial charge is 0.308 e. The lowest BCUT2D eigenvalue weighted by molar-refractivity contribution is -0.132. The van der Waals surface area contributed by atoms with Crippen molar-refractivity contribution in [3.63, 3.8) is 0 Å². The molecule has 4 atom stereocenters. The first kappa shape index (κ1) is 24.3. The van der Waals surface area contributed by atoms with E-state index >= 15 is 0 Å². The first-order valence-corrected chi connectivity index (χ1v) is 13.2. The van der Waals surface area contributed by atoms with E-state index in [0.29, 0.717) is 29.1 Å². The highest BCUT2D eigenvalue weighted by atomic mass is 16.5. The van der Waals surface area contributed by atoms with E-state index in [1.165, 1.54) is 11.8 Å². The molecule has 4 unspecified atom stereocenters. The Morgan fingerprint density at radius 1 is 0.975 bits per heavy atom. The number of fused-ring (bicyclic) bond motifs is 5. The van der Waals surface area contributed by atoms with Gasteiger partial charge < -0.3 is 15.0 Å². The monoisotopic (exact) mass is 534 g/mol. The molecule has 7 rings (SSSR count). The topological polar surface area (TPSA) is 121 Å². The van der Waals surface area contributed by atoms with Crippen LogP contribution < -0.4 is 20.3 Å². The molecule has 3 aliphatic rings. The third kappa shape index (κ3) is 3.31. The first-order chi connectivity index (χ1) is 19.3. The maximum absolute atomic E-state index is 14.2. The van der Waals surface area contributed by atoms with Crippen LogP contribution in [0.3, 0.4) is 0 Å². The summed E-state index contributed by atoms with van der Waals surface area (Å²) in [5, 5.41) is 7.55. The van der Waals surface area contributed by atoms with Crippen LogP contribution in [0.25, 0.3) is 10.9 Å². The van der Waals surface area contributed by atoms with E-state index in [1.807, 2.05) is 55.6 Å². The number of aryl methyl sites for hydroxylation is 1. The van der Waals surface area contributed by atoms with Crippen molar-refractivity contribution in [2.24, 2.45) is 11.8 Å². The summed E-state index contributed by atoms with van der Waals surface area (Å²) >= 11 is 0. The molecule has 1 aromatic heterocycles. The summed E-state index contributed by atoms with van der Waals surface area (Å²) in [5.41, 5.74) is 3.20. The molecule has 0 saturated carbocycles. The van der Waals surface area contributed by atoms with E-state index in [2.05, 4.69) is 15.6 Å². The molecular formula is C31H26N4O5. The number of imide groups is 1. The van der Waals surface area contributed by atoms with Gasteiger partial charge in [0, 0.05) is 41.3 Å². The van der Waals surface area contributed by atoms with Crippen LogP contribution >= 0.6 is 0 Å². The zero-order valence-electron chi connectivity index (χ0n) is 21.9. The summed E-state index contributed by atoms with van der Waals surface area (Å²) < 4.78 is 5.12. The van der Waals surface area contributed by atoms with E-state index in [4.69, 9.17) is 4.74 Å². The molecule has 40 heavy (non-hydrogen) atoms. The fraction of sp³-hybridized carbons (Fsp3) is 0.226. The number of carbonyl (C=O) groups is 4. The van der Waals surface area contributed by atoms with Crippen LogP contribution in [-0.4, -0.2) is 34.7 Å². The highest BCUT2D eigenvalue weighted by Crippen LogP contribution is 2.54. The quantitative estimate of drug-likeness (QED) is 0.209. The molecule has 4 aromatic rings. The van der Waals surface area contributed by atoms with Gasteiger partial charge in [-0.25, -0.2) is 4.90 Å². The molecule has 3 aromatic carbocycles. The lowest BCUT2D eigenvalue weighted by atomic mass is 9.76. The number of H-pyrrole nitrogens is 1. The minimum absolute atomic E-state index is 0.311. The molecule has 3 amide bonds. The number of esters is 1. The van der Waals surface area contributed by atoms with Crippen molar-refractivity contribution in [2.75, 3.05) is 10.2 Å². The van der Waals surface area contributed by atoms with Crippen molar-refractivity contribution >= 4 is 46.0 Å². The Morgan fingerprint density at radius 2 is 1.75 bits per heavy atom. The number of anilines is 2. The average Bonchev–Trinajstić information content (AvgIpc) is 3.64. The van der Waals surface area contributed by atoms with E-state index in [-0.39, 0.29) is 11.8 Å². The van der Waals surface area contributed by atoms with Gasteiger partial charge in [0.05, 0.1) is 17.5 Å². The number of carbonyl (C=O) groups excluding carboxylic acids is 4. The van der Waals surface area contributed by atoms with Gasteiger partial charge in [0.25, 0.3) is 0 Å². The normalized spacial score (nSPS) is 25.0. The predicted octanol–water partition coefficient (Wildman–Crippen LogP) is 3.57. The molecule has 0 aliphatic carbocycles. The maximum Gasteiger partial charge on any atom is 0.308 e. The van der Waals surface area contributed by atoms with Gasteiger partial charge >= 0.3 is 5.97 Å². The molecule has 200 valence electrons. The molecule has 0 bridgehead atoms. The second kappa shape index (κ2) is 8.62. The molecule has 3 N–H and O–H groups in total. The van der Waals surface area contributed by atoms with E-state index in [0.717, 1.165) is 22.0 Å². The number of hydrogen-bond acceptors (Lipinski definition) is 6. The standard InChI is InChI=1S/C31H26N4O5/c1-16-6-5-8-22-27(16)33-30(39)31(22)26-25(24(34-31)14-18-15-32-23-9-4-3-7-21(18)23)28(37)35(29(26)38)19-10-12-20(13-11-19)40-17(2)36/h3-13,15,24-26,32,34H,14H2,1-2H3,(H,33,39). The van der Waals surface area contributed by atoms with Crippen LogP contribution in [0, 0.1) is 18.8 Å². The molecule has 2 fully saturated rings. The summed E-state index contributed by atoms with van der Waals surface area (Å²) in [6.07, 6.45) is 2.37. The third-order valence-corrected chi connectivity index (χ3v) is 8.43. The van der Waals surface area contributed by atoms with Gasteiger partial charge in [0.2, 0.25) is 17.7 Å². The number of rotatable bonds is 4. The van der Waals surface area contributed by atoms with Crippen LogP contribution in [-0.2, 0) is 31.1 Å². The Kier molecular flexibility index (Phi) is 5.24. The third-order valence-electron chi connectivity index (χ3n) is 8.43. The summed E-state index contributed by atoms with van der Waals surface area (Å²) in [5.74, 6) is -3.00. The Hall–Kier alpha value is -4.76. The highest BCUT2D eigenvalue weighted by molar-refractivity contribution is 6.26.